The highest BCUT2D eigenvalue weighted by Gasteiger charge is 2.14. The fourth-order valence-electron chi connectivity index (χ4n) is 2.38. The second-order valence-corrected chi connectivity index (χ2v) is 5.01. The van der Waals surface area contributed by atoms with E-state index >= 15 is 0 Å². The van der Waals surface area contributed by atoms with Gasteiger partial charge in [-0.1, -0.05) is 37.3 Å². The molecular weight excluding hydrogens is 220 g/mol. The van der Waals surface area contributed by atoms with Crippen LogP contribution < -0.4 is 11.1 Å². The minimum Gasteiger partial charge on any atom is -0.399 e. The minimum absolute atomic E-state index is 0.714. The van der Waals surface area contributed by atoms with Gasteiger partial charge in [0.15, 0.2) is 0 Å². The van der Waals surface area contributed by atoms with Crippen LogP contribution >= 0.6 is 11.6 Å². The first kappa shape index (κ1) is 11.6. The molecule has 1 aliphatic carbocycles. The predicted octanol–water partition coefficient (Wildman–Crippen LogP) is 3.91. The average Bonchev–Trinajstić information content (AvgIpc) is 2.74. The lowest BCUT2D eigenvalue weighted by Crippen LogP contribution is -2.07. The highest BCUT2D eigenvalue weighted by Crippen LogP contribution is 2.28. The molecule has 0 radical (unpaired) electrons. The molecular formula is C13H19ClN2. The monoisotopic (exact) mass is 238 g/mol. The Morgan fingerprint density at radius 1 is 1.31 bits per heavy atom. The first-order chi connectivity index (χ1) is 7.75. The van der Waals surface area contributed by atoms with Crippen molar-refractivity contribution in [3.63, 3.8) is 0 Å². The summed E-state index contributed by atoms with van der Waals surface area (Å²) >= 11 is 6.08. The standard InChI is InChI=1S/C13H19ClN2/c14-12-9-11(15)5-6-13(12)16-8-7-10-3-1-2-4-10/h5-6,9-10,16H,1-4,7-8,15H2. The summed E-state index contributed by atoms with van der Waals surface area (Å²) in [5, 5.41) is 4.09. The lowest BCUT2D eigenvalue weighted by Gasteiger charge is -2.12. The number of nitrogens with one attached hydrogen (secondary N) is 1. The van der Waals surface area contributed by atoms with Crippen LogP contribution in [0.4, 0.5) is 11.4 Å². The molecule has 1 aliphatic rings. The molecule has 0 aromatic heterocycles. The Balaban J connectivity index is 1.80. The number of hydrogen-bond acceptors (Lipinski definition) is 2. The summed E-state index contributed by atoms with van der Waals surface area (Å²) in [5.74, 6) is 0.917. The van der Waals surface area contributed by atoms with Gasteiger partial charge in [0, 0.05) is 12.2 Å². The summed E-state index contributed by atoms with van der Waals surface area (Å²) in [5.41, 5.74) is 7.35. The number of hydrogen-bond donors (Lipinski definition) is 2. The average molecular weight is 239 g/mol. The zero-order valence-electron chi connectivity index (χ0n) is 9.51. The van der Waals surface area contributed by atoms with E-state index in [0.717, 1.165) is 18.2 Å². The quantitative estimate of drug-likeness (QED) is 0.781. The molecule has 0 saturated heterocycles. The molecule has 3 N–H and O–H groups in total. The van der Waals surface area contributed by atoms with Gasteiger partial charge in [0.25, 0.3) is 0 Å². The molecule has 0 unspecified atom stereocenters. The first-order valence-electron chi connectivity index (χ1n) is 6.04. The van der Waals surface area contributed by atoms with Crippen LogP contribution in [0.3, 0.4) is 0 Å². The number of rotatable bonds is 4. The van der Waals surface area contributed by atoms with E-state index in [1.165, 1.54) is 32.1 Å². The van der Waals surface area contributed by atoms with Gasteiger partial charge in [-0.15, -0.1) is 0 Å². The van der Waals surface area contributed by atoms with Gasteiger partial charge in [-0.3, -0.25) is 0 Å². The molecule has 0 atom stereocenters. The van der Waals surface area contributed by atoms with Crippen LogP contribution in [-0.4, -0.2) is 6.54 Å². The Labute approximate surface area is 102 Å². The van der Waals surface area contributed by atoms with Crippen LogP contribution in [0.25, 0.3) is 0 Å². The minimum atomic E-state index is 0.714. The van der Waals surface area contributed by atoms with E-state index in [9.17, 15) is 0 Å². The highest BCUT2D eigenvalue weighted by atomic mass is 35.5. The molecule has 0 spiro atoms. The Morgan fingerprint density at radius 2 is 2.06 bits per heavy atom. The lowest BCUT2D eigenvalue weighted by molar-refractivity contribution is 0.518. The highest BCUT2D eigenvalue weighted by molar-refractivity contribution is 6.33. The lowest BCUT2D eigenvalue weighted by atomic mass is 10.0. The van der Waals surface area contributed by atoms with E-state index in [-0.39, 0.29) is 0 Å². The Kier molecular flexibility index (Phi) is 3.94. The molecule has 1 fully saturated rings. The molecule has 0 bridgehead atoms. The second-order valence-electron chi connectivity index (χ2n) is 4.61. The van der Waals surface area contributed by atoms with Crippen molar-refractivity contribution in [3.8, 4) is 0 Å². The van der Waals surface area contributed by atoms with E-state index < -0.39 is 0 Å². The van der Waals surface area contributed by atoms with E-state index in [0.29, 0.717) is 10.7 Å². The molecule has 2 nitrogen and oxygen atoms in total. The van der Waals surface area contributed by atoms with Crippen LogP contribution in [-0.2, 0) is 0 Å². The van der Waals surface area contributed by atoms with E-state index in [4.69, 9.17) is 17.3 Å². The smallest absolute Gasteiger partial charge is 0.0657 e. The normalized spacial score (nSPS) is 16.6. The summed E-state index contributed by atoms with van der Waals surface area (Å²) in [6.45, 7) is 1.01. The number of benzene rings is 1. The topological polar surface area (TPSA) is 38.0 Å². The van der Waals surface area contributed by atoms with E-state index in [1.807, 2.05) is 12.1 Å². The van der Waals surface area contributed by atoms with Crippen molar-refractivity contribution in [2.24, 2.45) is 5.92 Å². The van der Waals surface area contributed by atoms with Crippen molar-refractivity contribution < 1.29 is 0 Å². The maximum absolute atomic E-state index is 6.08. The van der Waals surface area contributed by atoms with E-state index in [2.05, 4.69) is 5.32 Å². The Hall–Kier alpha value is -0.890. The zero-order valence-corrected chi connectivity index (χ0v) is 10.3. The SMILES string of the molecule is Nc1ccc(NCCC2CCCC2)c(Cl)c1. The van der Waals surface area contributed by atoms with Crippen molar-refractivity contribution in [1.82, 2.24) is 0 Å². The van der Waals surface area contributed by atoms with Crippen molar-refractivity contribution in [3.05, 3.63) is 23.2 Å². The molecule has 0 amide bonds. The van der Waals surface area contributed by atoms with Crippen molar-refractivity contribution >= 4 is 23.0 Å². The van der Waals surface area contributed by atoms with Crippen molar-refractivity contribution in [1.29, 1.82) is 0 Å². The molecule has 16 heavy (non-hydrogen) atoms. The molecule has 0 heterocycles. The van der Waals surface area contributed by atoms with Crippen LogP contribution in [0.15, 0.2) is 18.2 Å². The summed E-state index contributed by atoms with van der Waals surface area (Å²) in [7, 11) is 0. The first-order valence-corrected chi connectivity index (χ1v) is 6.42. The molecule has 3 heteroatoms. The predicted molar refractivity (Wildman–Crippen MR) is 70.9 cm³/mol. The van der Waals surface area contributed by atoms with Crippen molar-refractivity contribution in [2.75, 3.05) is 17.6 Å². The summed E-state index contributed by atoms with van der Waals surface area (Å²) in [6, 6.07) is 5.62. The Bertz CT molecular complexity index is 346. The van der Waals surface area contributed by atoms with Gasteiger partial charge in [-0.2, -0.15) is 0 Å². The zero-order chi connectivity index (χ0) is 11.4. The van der Waals surface area contributed by atoms with Crippen molar-refractivity contribution in [2.45, 2.75) is 32.1 Å². The number of nitrogen functional groups attached to an aromatic ring is 1. The van der Waals surface area contributed by atoms with Gasteiger partial charge in [0.05, 0.1) is 10.7 Å². The van der Waals surface area contributed by atoms with Crippen LogP contribution in [0.5, 0.6) is 0 Å². The summed E-state index contributed by atoms with van der Waals surface area (Å²) in [6.07, 6.45) is 6.87. The fourth-order valence-corrected chi connectivity index (χ4v) is 2.64. The van der Waals surface area contributed by atoms with Gasteiger partial charge in [0.1, 0.15) is 0 Å². The third kappa shape index (κ3) is 3.05. The molecule has 2 rings (SSSR count). The van der Waals surface area contributed by atoms with Gasteiger partial charge < -0.3 is 11.1 Å². The van der Waals surface area contributed by atoms with Crippen LogP contribution in [0.1, 0.15) is 32.1 Å². The third-order valence-corrected chi connectivity index (χ3v) is 3.65. The maximum Gasteiger partial charge on any atom is 0.0657 e. The van der Waals surface area contributed by atoms with E-state index in [1.54, 1.807) is 6.07 Å². The number of anilines is 2. The van der Waals surface area contributed by atoms with Gasteiger partial charge in [0.2, 0.25) is 0 Å². The second kappa shape index (κ2) is 5.44. The molecule has 88 valence electrons. The summed E-state index contributed by atoms with van der Waals surface area (Å²) in [4.78, 5) is 0. The fraction of sp³-hybridized carbons (Fsp3) is 0.538. The number of halogens is 1. The largest absolute Gasteiger partial charge is 0.399 e. The molecule has 1 aromatic carbocycles. The van der Waals surface area contributed by atoms with Gasteiger partial charge in [-0.25, -0.2) is 0 Å². The number of nitrogens with two attached hydrogens (primary N) is 1. The van der Waals surface area contributed by atoms with Crippen LogP contribution in [0.2, 0.25) is 5.02 Å². The van der Waals surface area contributed by atoms with Gasteiger partial charge in [-0.05, 0) is 30.5 Å². The molecule has 1 saturated carbocycles. The molecule has 1 aromatic rings. The third-order valence-electron chi connectivity index (χ3n) is 3.34. The van der Waals surface area contributed by atoms with Crippen LogP contribution in [0, 0.1) is 5.92 Å². The summed E-state index contributed by atoms with van der Waals surface area (Å²) < 4.78 is 0. The maximum atomic E-state index is 6.08. The Morgan fingerprint density at radius 3 is 2.75 bits per heavy atom. The molecule has 0 aliphatic heterocycles. The van der Waals surface area contributed by atoms with Gasteiger partial charge >= 0.3 is 0 Å².